The van der Waals surface area contributed by atoms with Crippen molar-refractivity contribution in [3.63, 3.8) is 0 Å². The zero-order valence-corrected chi connectivity index (χ0v) is 16.7. The lowest BCUT2D eigenvalue weighted by Gasteiger charge is -2.21. The van der Waals surface area contributed by atoms with Gasteiger partial charge in [-0.1, -0.05) is 6.07 Å². The summed E-state index contributed by atoms with van der Waals surface area (Å²) >= 11 is 1.17. The van der Waals surface area contributed by atoms with Crippen molar-refractivity contribution in [2.24, 2.45) is 0 Å². The Kier molecular flexibility index (Phi) is 5.26. The van der Waals surface area contributed by atoms with Crippen molar-refractivity contribution < 1.29 is 29.0 Å². The molecule has 0 N–H and O–H groups in total. The first-order chi connectivity index (χ1) is 12.9. The summed E-state index contributed by atoms with van der Waals surface area (Å²) in [6.45, 7) is -0.0760. The van der Waals surface area contributed by atoms with Crippen LogP contribution in [0.3, 0.4) is 0 Å². The molecule has 28 heavy (non-hydrogen) atoms. The van der Waals surface area contributed by atoms with E-state index in [1.165, 1.54) is 40.1 Å². The van der Waals surface area contributed by atoms with Crippen molar-refractivity contribution in [1.29, 1.82) is 5.26 Å². The van der Waals surface area contributed by atoms with Crippen LogP contribution >= 0.6 is 23.0 Å². The number of sulfone groups is 1. The smallest absolute Gasteiger partial charge is 0.299 e. The molecule has 6 nitrogen and oxygen atoms in total. The summed E-state index contributed by atoms with van der Waals surface area (Å²) in [7, 11) is -0.945. The second-order valence-corrected chi connectivity index (χ2v) is 8.63. The van der Waals surface area contributed by atoms with Gasteiger partial charge in [0.1, 0.15) is 29.1 Å². The van der Waals surface area contributed by atoms with E-state index in [0.717, 1.165) is 12.1 Å². The number of nitriles is 1. The van der Waals surface area contributed by atoms with Crippen LogP contribution in [0.5, 0.6) is 0 Å². The van der Waals surface area contributed by atoms with Gasteiger partial charge in [0.05, 0.1) is 23.2 Å². The second-order valence-electron chi connectivity index (χ2n) is 6.13. The van der Waals surface area contributed by atoms with Crippen molar-refractivity contribution in [2.45, 2.75) is 35.0 Å². The van der Waals surface area contributed by atoms with E-state index in [9.17, 15) is 26.0 Å². The predicted molar refractivity (Wildman–Crippen MR) is 96.9 cm³/mol. The molecule has 2 aromatic rings. The van der Waals surface area contributed by atoms with Gasteiger partial charge in [0, 0.05) is 18.2 Å². The maximum absolute atomic E-state index is 14.4. The van der Waals surface area contributed by atoms with E-state index in [2.05, 4.69) is 12.9 Å². The highest BCUT2D eigenvalue weighted by Crippen LogP contribution is 2.51. The van der Waals surface area contributed by atoms with Crippen molar-refractivity contribution in [2.75, 3.05) is 0 Å². The van der Waals surface area contributed by atoms with Gasteiger partial charge in [-0.25, -0.2) is 26.0 Å². The highest BCUT2D eigenvalue weighted by Gasteiger charge is 2.53. The van der Waals surface area contributed by atoms with Gasteiger partial charge in [0.25, 0.3) is 11.1 Å². The predicted octanol–water partition coefficient (Wildman–Crippen LogP) is 2.89. The number of aromatic nitrogens is 2. The zero-order chi connectivity index (χ0) is 20.9. The molecule has 146 valence electrons. The van der Waals surface area contributed by atoms with Crippen LogP contribution in [0.25, 0.3) is 0 Å². The maximum Gasteiger partial charge on any atom is 0.299 e. The van der Waals surface area contributed by atoms with Crippen molar-refractivity contribution in [3.05, 3.63) is 46.8 Å². The van der Waals surface area contributed by atoms with E-state index in [0.29, 0.717) is 0 Å². The van der Waals surface area contributed by atoms with Crippen LogP contribution in [0, 0.1) is 11.3 Å². The first-order valence-electron chi connectivity index (χ1n) is 7.56. The third kappa shape index (κ3) is 3.41. The Morgan fingerprint density at radius 2 is 2.14 bits per heavy atom. The lowest BCUT2D eigenvalue weighted by Crippen LogP contribution is -2.31. The third-order valence-corrected chi connectivity index (χ3v) is 6.46. The molecule has 2 radical (unpaired) electrons. The Hall–Kier alpha value is -1.66. The van der Waals surface area contributed by atoms with Crippen LogP contribution in [0.4, 0.5) is 17.6 Å². The van der Waals surface area contributed by atoms with Crippen molar-refractivity contribution in [1.82, 2.24) is 9.78 Å². The number of halogens is 5. The monoisotopic (exact) mass is 525 g/mol. The lowest BCUT2D eigenvalue weighted by molar-refractivity contribution is -0.0705. The van der Waals surface area contributed by atoms with Gasteiger partial charge in [0.2, 0.25) is 9.84 Å². The normalized spacial score (nSPS) is 18.6. The molecule has 0 spiro atoms. The van der Waals surface area contributed by atoms with Crippen LogP contribution in [0.2, 0.25) is 0 Å². The molecular weight excluding hydrogens is 516 g/mol. The van der Waals surface area contributed by atoms with E-state index in [4.69, 9.17) is 8.33 Å². The number of hydrogen-bond acceptors (Lipinski definition) is 5. The minimum absolute atomic E-state index is 0.0760. The standard InChI is InChI=1S/C15H9BF4IN3O3S/c16-15(19,20)28(25,26)11-2-1-9(7-24-6-8(4-22)5-23-24)10-3-14(17,18)13(27-21)12(10)11/h1-2,5-6,13H,3,7H2. The van der Waals surface area contributed by atoms with Crippen LogP contribution < -0.4 is 0 Å². The number of hydrogen-bond donors (Lipinski definition) is 0. The minimum atomic E-state index is -5.42. The summed E-state index contributed by atoms with van der Waals surface area (Å²) in [5, 5.41) is 8.10. The van der Waals surface area contributed by atoms with Gasteiger partial charge < -0.3 is 3.07 Å². The Morgan fingerprint density at radius 3 is 2.68 bits per heavy atom. The summed E-state index contributed by atoms with van der Waals surface area (Å²) in [6, 6.07) is 3.82. The fourth-order valence-corrected chi connectivity index (χ4v) is 4.73. The SMILES string of the molecule is [B]C(F)(F)S(=O)(=O)c1ccc(Cn2cc(C#N)cn2)c2c1C(OI)C(F)(F)C2. The van der Waals surface area contributed by atoms with Gasteiger partial charge in [-0.05, 0) is 17.2 Å². The summed E-state index contributed by atoms with van der Waals surface area (Å²) in [5.41, 5.74) is -0.212. The van der Waals surface area contributed by atoms with E-state index < -0.39 is 43.9 Å². The molecule has 0 amide bonds. The number of nitrogens with zero attached hydrogens (tertiary/aromatic N) is 3. The van der Waals surface area contributed by atoms with Gasteiger partial charge in [-0.2, -0.15) is 10.4 Å². The Labute approximate surface area is 172 Å². The number of rotatable bonds is 5. The van der Waals surface area contributed by atoms with Crippen molar-refractivity contribution >= 4 is 40.7 Å². The van der Waals surface area contributed by atoms with Crippen LogP contribution in [-0.2, 0) is 25.9 Å². The second kappa shape index (κ2) is 6.99. The fourth-order valence-electron chi connectivity index (χ4n) is 3.05. The molecule has 1 aliphatic carbocycles. The summed E-state index contributed by atoms with van der Waals surface area (Å²) in [4.78, 5) is -1.00. The molecule has 1 atom stereocenters. The molecule has 13 heteroatoms. The lowest BCUT2D eigenvalue weighted by atomic mass is 10.0. The molecular formula is C15H9BF4IN3O3S. The molecule has 0 saturated carbocycles. The van der Waals surface area contributed by atoms with Crippen molar-refractivity contribution in [3.8, 4) is 6.07 Å². The Balaban J connectivity index is 2.20. The summed E-state index contributed by atoms with van der Waals surface area (Å²) < 4.78 is 86.2. The van der Waals surface area contributed by atoms with Gasteiger partial charge >= 0.3 is 0 Å². The van der Waals surface area contributed by atoms with E-state index >= 15 is 0 Å². The molecule has 1 aromatic heterocycles. The first kappa shape index (κ1) is 21.1. The highest BCUT2D eigenvalue weighted by molar-refractivity contribution is 14.1. The Bertz CT molecular complexity index is 1080. The molecule has 0 bridgehead atoms. The van der Waals surface area contributed by atoms with Gasteiger partial charge in [-0.3, -0.25) is 4.68 Å². The van der Waals surface area contributed by atoms with Gasteiger partial charge in [-0.15, -0.1) is 0 Å². The van der Waals surface area contributed by atoms with E-state index in [1.807, 2.05) is 6.07 Å². The summed E-state index contributed by atoms with van der Waals surface area (Å²) in [6.07, 6.45) is -0.316. The zero-order valence-electron chi connectivity index (χ0n) is 13.7. The molecule has 0 aliphatic heterocycles. The molecule has 0 fully saturated rings. The number of alkyl halides is 4. The average Bonchev–Trinajstić information content (AvgIpc) is 3.14. The number of benzene rings is 1. The van der Waals surface area contributed by atoms with Gasteiger partial charge in [0.15, 0.2) is 14.0 Å². The molecule has 1 aromatic carbocycles. The maximum atomic E-state index is 14.4. The third-order valence-electron chi connectivity index (χ3n) is 4.30. The topological polar surface area (TPSA) is 85.0 Å². The molecule has 0 saturated heterocycles. The fraction of sp³-hybridized carbons (Fsp3) is 0.333. The quantitative estimate of drug-likeness (QED) is 0.341. The molecule has 1 heterocycles. The Morgan fingerprint density at radius 1 is 1.46 bits per heavy atom. The van der Waals surface area contributed by atoms with Crippen LogP contribution in [-0.4, -0.2) is 37.1 Å². The minimum Gasteiger partial charge on any atom is -0.301 e. The average molecular weight is 525 g/mol. The molecule has 1 aliphatic rings. The highest BCUT2D eigenvalue weighted by atomic mass is 127. The summed E-state index contributed by atoms with van der Waals surface area (Å²) in [5.74, 6) is -3.52. The van der Waals surface area contributed by atoms with Crippen LogP contribution in [0.15, 0.2) is 29.4 Å². The molecule has 1 unspecified atom stereocenters. The largest absolute Gasteiger partial charge is 0.301 e. The first-order valence-corrected chi connectivity index (χ1v) is 9.92. The van der Waals surface area contributed by atoms with E-state index in [-0.39, 0.29) is 23.2 Å². The number of fused-ring (bicyclic) bond motifs is 1. The van der Waals surface area contributed by atoms with E-state index in [1.54, 1.807) is 0 Å². The van der Waals surface area contributed by atoms with Crippen LogP contribution in [0.1, 0.15) is 28.4 Å². The molecule has 3 rings (SSSR count).